The highest BCUT2D eigenvalue weighted by molar-refractivity contribution is 7.89. The molecule has 2 amide bonds. The highest BCUT2D eigenvalue weighted by atomic mass is 32.2. The van der Waals surface area contributed by atoms with Crippen LogP contribution in [0.5, 0.6) is 0 Å². The zero-order valence-electron chi connectivity index (χ0n) is 19.7. The van der Waals surface area contributed by atoms with E-state index in [2.05, 4.69) is 15.5 Å². The Kier molecular flexibility index (Phi) is 7.71. The summed E-state index contributed by atoms with van der Waals surface area (Å²) in [5.74, 6) is -0.415. The van der Waals surface area contributed by atoms with E-state index in [9.17, 15) is 18.0 Å². The van der Waals surface area contributed by atoms with Gasteiger partial charge in [0, 0.05) is 43.5 Å². The molecule has 0 saturated carbocycles. The number of amides is 2. The fourth-order valence-electron chi connectivity index (χ4n) is 4.29. The number of benzene rings is 2. The van der Waals surface area contributed by atoms with Crippen LogP contribution in [0.25, 0.3) is 4.85 Å². The molecule has 3 rings (SSSR count). The van der Waals surface area contributed by atoms with Crippen LogP contribution >= 0.6 is 0 Å². The van der Waals surface area contributed by atoms with E-state index >= 15 is 0 Å². The first-order valence-corrected chi connectivity index (χ1v) is 12.4. The number of hydrogen-bond donors (Lipinski definition) is 2. The van der Waals surface area contributed by atoms with Crippen LogP contribution in [0.15, 0.2) is 47.4 Å². The maximum Gasteiger partial charge on any atom is 0.242 e. The third-order valence-electron chi connectivity index (χ3n) is 5.64. The second kappa shape index (κ2) is 10.3. The Bertz CT molecular complexity index is 1230. The third-order valence-corrected chi connectivity index (χ3v) is 7.76. The van der Waals surface area contributed by atoms with Crippen LogP contribution in [0.1, 0.15) is 26.3 Å². The van der Waals surface area contributed by atoms with E-state index in [-0.39, 0.29) is 41.0 Å². The predicted octanol–water partition coefficient (Wildman–Crippen LogP) is 3.23. The minimum absolute atomic E-state index is 0.0976. The molecule has 0 aromatic heterocycles. The van der Waals surface area contributed by atoms with Crippen LogP contribution in [0, 0.1) is 13.5 Å². The molecule has 0 bridgehead atoms. The lowest BCUT2D eigenvalue weighted by molar-refractivity contribution is -0.118. The van der Waals surface area contributed by atoms with Crippen molar-refractivity contribution in [1.29, 1.82) is 0 Å². The summed E-state index contributed by atoms with van der Waals surface area (Å²) in [5, 5.41) is 5.59. The van der Waals surface area contributed by atoms with Crippen molar-refractivity contribution in [2.75, 3.05) is 30.3 Å². The van der Waals surface area contributed by atoms with Gasteiger partial charge in [-0.1, -0.05) is 18.2 Å². The molecular weight excluding hydrogens is 454 g/mol. The fraction of sp³-hybridized carbons (Fsp3) is 0.375. The average molecular weight is 484 g/mol. The number of anilines is 2. The van der Waals surface area contributed by atoms with E-state index in [0.717, 1.165) is 5.56 Å². The largest absolute Gasteiger partial charge is 0.326 e. The van der Waals surface area contributed by atoms with Gasteiger partial charge in [-0.15, -0.1) is 0 Å². The Morgan fingerprint density at radius 2 is 1.76 bits per heavy atom. The van der Waals surface area contributed by atoms with Gasteiger partial charge in [0.05, 0.1) is 18.0 Å². The first-order chi connectivity index (χ1) is 16.0. The smallest absolute Gasteiger partial charge is 0.242 e. The summed E-state index contributed by atoms with van der Waals surface area (Å²) >= 11 is 0. The molecule has 180 valence electrons. The zero-order valence-corrected chi connectivity index (χ0v) is 20.5. The summed E-state index contributed by atoms with van der Waals surface area (Å²) in [6.45, 7) is 15.0. The fourth-order valence-corrected chi connectivity index (χ4v) is 6.13. The van der Waals surface area contributed by atoms with E-state index in [1.54, 1.807) is 24.3 Å². The molecule has 0 aliphatic carbocycles. The number of nitrogens with zero attached hydrogens (tertiary/aromatic N) is 3. The van der Waals surface area contributed by atoms with Gasteiger partial charge in [-0.3, -0.25) is 14.5 Å². The average Bonchev–Trinajstić information content (AvgIpc) is 2.75. The molecule has 0 unspecified atom stereocenters. The van der Waals surface area contributed by atoms with Gasteiger partial charge >= 0.3 is 0 Å². The van der Waals surface area contributed by atoms with Crippen molar-refractivity contribution >= 4 is 38.9 Å². The van der Waals surface area contributed by atoms with E-state index < -0.39 is 10.0 Å². The Hall–Kier alpha value is -3.26. The molecule has 1 fully saturated rings. The molecule has 1 aliphatic rings. The molecular formula is C24H29N5O4S. The minimum Gasteiger partial charge on any atom is -0.326 e. The standard InChI is InChI=1S/C24H29N5O4S/c1-16-9-10-21(26-19(4)30)12-23(16)27-24(31)15-28-13-17(2)29(18(3)14-28)34(32,33)22-8-6-7-20(11-22)25-5/h6-12,17-18H,13-15H2,1-4H3,(H,26,30)(H,27,31)/t17-,18+. The van der Waals surface area contributed by atoms with E-state index in [1.165, 1.54) is 23.4 Å². The SMILES string of the molecule is [C-]#[N+]c1cccc(S(=O)(=O)N2[C@H](C)CN(CC(=O)Nc3cc(NC(C)=O)ccc3C)C[C@@H]2C)c1. The molecule has 1 aliphatic heterocycles. The summed E-state index contributed by atoms with van der Waals surface area (Å²) in [4.78, 5) is 29.4. The van der Waals surface area contributed by atoms with E-state index in [4.69, 9.17) is 6.57 Å². The first kappa shape index (κ1) is 25.4. The normalized spacial score (nSPS) is 19.3. The summed E-state index contributed by atoms with van der Waals surface area (Å²) < 4.78 is 28.0. The van der Waals surface area contributed by atoms with Gasteiger partial charge in [0.1, 0.15) is 0 Å². The van der Waals surface area contributed by atoms with Gasteiger partial charge in [-0.05, 0) is 50.6 Å². The number of piperazine rings is 1. The number of nitrogens with one attached hydrogen (secondary N) is 2. The quantitative estimate of drug-likeness (QED) is 0.614. The number of aryl methyl sites for hydroxylation is 1. The van der Waals surface area contributed by atoms with Crippen molar-refractivity contribution < 1.29 is 18.0 Å². The van der Waals surface area contributed by atoms with Gasteiger partial charge in [0.15, 0.2) is 5.69 Å². The monoisotopic (exact) mass is 483 g/mol. The number of rotatable bonds is 6. The maximum atomic E-state index is 13.3. The van der Waals surface area contributed by atoms with Crippen molar-refractivity contribution in [3.05, 3.63) is 59.4 Å². The van der Waals surface area contributed by atoms with E-state index in [1.807, 2.05) is 31.7 Å². The predicted molar refractivity (Wildman–Crippen MR) is 131 cm³/mol. The van der Waals surface area contributed by atoms with Crippen LogP contribution in [-0.4, -0.2) is 61.2 Å². The van der Waals surface area contributed by atoms with Gasteiger partial charge in [-0.2, -0.15) is 4.31 Å². The highest BCUT2D eigenvalue weighted by Crippen LogP contribution is 2.28. The molecule has 0 radical (unpaired) electrons. The van der Waals surface area contributed by atoms with Gasteiger partial charge < -0.3 is 10.6 Å². The third kappa shape index (κ3) is 5.80. The van der Waals surface area contributed by atoms with Crippen molar-refractivity contribution in [2.24, 2.45) is 0 Å². The van der Waals surface area contributed by atoms with Gasteiger partial charge in [0.25, 0.3) is 0 Å². The number of carbonyl (C=O) groups is 2. The summed E-state index contributed by atoms with van der Waals surface area (Å²) in [7, 11) is -3.79. The highest BCUT2D eigenvalue weighted by Gasteiger charge is 2.38. The Morgan fingerprint density at radius 1 is 1.09 bits per heavy atom. The van der Waals surface area contributed by atoms with Crippen molar-refractivity contribution in [1.82, 2.24) is 9.21 Å². The van der Waals surface area contributed by atoms with Crippen molar-refractivity contribution in [2.45, 2.75) is 44.7 Å². The Morgan fingerprint density at radius 3 is 2.38 bits per heavy atom. The molecule has 2 N–H and O–H groups in total. The van der Waals surface area contributed by atoms with Crippen LogP contribution in [-0.2, 0) is 19.6 Å². The lowest BCUT2D eigenvalue weighted by Gasteiger charge is -2.43. The summed E-state index contributed by atoms with van der Waals surface area (Å²) in [5.41, 5.74) is 2.34. The molecule has 2 aromatic rings. The molecule has 1 heterocycles. The topological polar surface area (TPSA) is 103 Å². The number of carbonyl (C=O) groups excluding carboxylic acids is 2. The van der Waals surface area contributed by atoms with Crippen LogP contribution < -0.4 is 10.6 Å². The van der Waals surface area contributed by atoms with Crippen molar-refractivity contribution in [3.63, 3.8) is 0 Å². The summed E-state index contributed by atoms with van der Waals surface area (Å²) in [6, 6.07) is 10.6. The lowest BCUT2D eigenvalue weighted by Crippen LogP contribution is -2.59. The molecule has 0 spiro atoms. The Balaban J connectivity index is 1.68. The van der Waals surface area contributed by atoms with Crippen LogP contribution in [0.3, 0.4) is 0 Å². The molecule has 1 saturated heterocycles. The zero-order chi connectivity index (χ0) is 25.0. The molecule has 10 heteroatoms. The molecule has 2 atom stereocenters. The van der Waals surface area contributed by atoms with E-state index in [0.29, 0.717) is 24.5 Å². The van der Waals surface area contributed by atoms with Gasteiger partial charge in [-0.25, -0.2) is 13.3 Å². The molecule has 2 aromatic carbocycles. The van der Waals surface area contributed by atoms with Gasteiger partial charge in [0.2, 0.25) is 21.8 Å². The first-order valence-electron chi connectivity index (χ1n) is 10.9. The molecule has 9 nitrogen and oxygen atoms in total. The molecule has 34 heavy (non-hydrogen) atoms. The minimum atomic E-state index is -3.79. The van der Waals surface area contributed by atoms with Crippen LogP contribution in [0.2, 0.25) is 0 Å². The number of sulfonamides is 1. The summed E-state index contributed by atoms with van der Waals surface area (Å²) in [6.07, 6.45) is 0. The lowest BCUT2D eigenvalue weighted by atomic mass is 10.1. The second-order valence-electron chi connectivity index (χ2n) is 8.60. The second-order valence-corrected chi connectivity index (χ2v) is 10.4. The van der Waals surface area contributed by atoms with Crippen LogP contribution in [0.4, 0.5) is 17.1 Å². The van der Waals surface area contributed by atoms with Crippen molar-refractivity contribution in [3.8, 4) is 0 Å². The number of hydrogen-bond acceptors (Lipinski definition) is 5. The maximum absolute atomic E-state index is 13.3. The Labute approximate surface area is 200 Å².